The first kappa shape index (κ1) is 11.4. The van der Waals surface area contributed by atoms with E-state index < -0.39 is 0 Å². The Balaban J connectivity index is 1.58. The zero-order valence-electron chi connectivity index (χ0n) is 10.3. The lowest BCUT2D eigenvalue weighted by Gasteiger charge is -2.29. The second kappa shape index (κ2) is 4.90. The highest BCUT2D eigenvalue weighted by Gasteiger charge is 2.33. The van der Waals surface area contributed by atoms with Crippen molar-refractivity contribution in [3.8, 4) is 0 Å². The average Bonchev–Trinajstić information content (AvgIpc) is 2.87. The minimum Gasteiger partial charge on any atom is -0.357 e. The lowest BCUT2D eigenvalue weighted by atomic mass is 10.0. The molecule has 1 aromatic rings. The predicted molar refractivity (Wildman–Crippen MR) is 70.5 cm³/mol. The third-order valence-electron chi connectivity index (χ3n) is 3.74. The fraction of sp³-hybridized carbons (Fsp3) is 0.833. The molecule has 3 rings (SSSR count). The number of rotatable bonds is 4. The maximum absolute atomic E-state index is 4.54. The van der Waals surface area contributed by atoms with Gasteiger partial charge in [0.05, 0.1) is 0 Å². The van der Waals surface area contributed by atoms with Crippen molar-refractivity contribution in [2.24, 2.45) is 0 Å². The maximum atomic E-state index is 4.54. The van der Waals surface area contributed by atoms with Crippen LogP contribution in [0.1, 0.15) is 44.9 Å². The lowest BCUT2D eigenvalue weighted by Crippen LogP contribution is -2.43. The van der Waals surface area contributed by atoms with E-state index in [1.54, 1.807) is 0 Å². The van der Waals surface area contributed by atoms with Gasteiger partial charge >= 0.3 is 0 Å². The van der Waals surface area contributed by atoms with Crippen LogP contribution in [0.3, 0.4) is 0 Å². The molecule has 2 bridgehead atoms. The van der Waals surface area contributed by atoms with Crippen LogP contribution < -0.4 is 10.6 Å². The summed E-state index contributed by atoms with van der Waals surface area (Å²) in [5.74, 6) is 0.997. The second-order valence-corrected chi connectivity index (χ2v) is 5.97. The maximum Gasteiger partial charge on any atom is 0.202 e. The Morgan fingerprint density at radius 3 is 2.82 bits per heavy atom. The molecule has 0 radical (unpaired) electrons. The molecule has 0 amide bonds. The summed E-state index contributed by atoms with van der Waals surface area (Å²) in [4.78, 5) is 4.54. The summed E-state index contributed by atoms with van der Waals surface area (Å²) in [6.07, 6.45) is 7.28. The quantitative estimate of drug-likeness (QED) is 0.862. The van der Waals surface area contributed by atoms with Crippen LogP contribution in [0.25, 0.3) is 0 Å². The molecule has 2 saturated heterocycles. The highest BCUT2D eigenvalue weighted by atomic mass is 32.1. The number of nitrogens with one attached hydrogen (secondary N) is 2. The smallest absolute Gasteiger partial charge is 0.202 e. The van der Waals surface area contributed by atoms with Crippen molar-refractivity contribution in [3.63, 3.8) is 0 Å². The molecule has 0 saturated carbocycles. The van der Waals surface area contributed by atoms with Crippen molar-refractivity contribution in [2.45, 2.75) is 63.6 Å². The summed E-state index contributed by atoms with van der Waals surface area (Å²) in [7, 11) is 0. The molecule has 1 aromatic heterocycles. The second-order valence-electron chi connectivity index (χ2n) is 5.22. The van der Waals surface area contributed by atoms with E-state index in [0.29, 0.717) is 6.04 Å². The molecule has 2 atom stereocenters. The number of anilines is 1. The standard InChI is InChI=1S/C12H20N4S/c1-2-3-11-15-12(17-16-11)14-10-6-8-4-5-9(7-10)13-8/h8-10,13H,2-7H2,1H3,(H,14,15,16). The van der Waals surface area contributed by atoms with Crippen molar-refractivity contribution in [1.29, 1.82) is 0 Å². The summed E-state index contributed by atoms with van der Waals surface area (Å²) in [6.45, 7) is 2.17. The molecule has 0 aromatic carbocycles. The van der Waals surface area contributed by atoms with E-state index >= 15 is 0 Å². The van der Waals surface area contributed by atoms with Crippen molar-refractivity contribution >= 4 is 16.7 Å². The van der Waals surface area contributed by atoms with Crippen LogP contribution in [0.15, 0.2) is 0 Å². The zero-order valence-corrected chi connectivity index (χ0v) is 11.1. The van der Waals surface area contributed by atoms with E-state index in [1.807, 2.05) is 0 Å². The summed E-state index contributed by atoms with van der Waals surface area (Å²) in [6, 6.07) is 2.06. The zero-order chi connectivity index (χ0) is 11.7. The molecule has 94 valence electrons. The van der Waals surface area contributed by atoms with Gasteiger partial charge in [0.15, 0.2) is 0 Å². The molecule has 2 unspecified atom stereocenters. The summed E-state index contributed by atoms with van der Waals surface area (Å²) >= 11 is 1.51. The number of hydrogen-bond donors (Lipinski definition) is 2. The largest absolute Gasteiger partial charge is 0.357 e. The van der Waals surface area contributed by atoms with Gasteiger partial charge in [-0.2, -0.15) is 4.37 Å². The molecule has 0 spiro atoms. The predicted octanol–water partition coefficient (Wildman–Crippen LogP) is 2.19. The van der Waals surface area contributed by atoms with Gasteiger partial charge in [-0.05, 0) is 32.1 Å². The number of fused-ring (bicyclic) bond motifs is 2. The molecule has 2 N–H and O–H groups in total. The van der Waals surface area contributed by atoms with Crippen LogP contribution in [-0.2, 0) is 6.42 Å². The molecule has 5 heteroatoms. The molecule has 2 fully saturated rings. The fourth-order valence-corrected chi connectivity index (χ4v) is 3.68. The number of nitrogens with zero attached hydrogens (tertiary/aromatic N) is 2. The lowest BCUT2D eigenvalue weighted by molar-refractivity contribution is 0.378. The Hall–Kier alpha value is -0.680. The van der Waals surface area contributed by atoms with Crippen molar-refractivity contribution < 1.29 is 0 Å². The molecule has 2 aliphatic heterocycles. The monoisotopic (exact) mass is 252 g/mol. The molecule has 3 heterocycles. The van der Waals surface area contributed by atoms with Gasteiger partial charge in [0.2, 0.25) is 5.13 Å². The third-order valence-corrected chi connectivity index (χ3v) is 4.43. The highest BCUT2D eigenvalue weighted by molar-refractivity contribution is 7.09. The number of hydrogen-bond acceptors (Lipinski definition) is 5. The first-order valence-corrected chi connectivity index (χ1v) is 7.46. The van der Waals surface area contributed by atoms with Crippen molar-refractivity contribution in [1.82, 2.24) is 14.7 Å². The summed E-state index contributed by atoms with van der Waals surface area (Å²) < 4.78 is 4.38. The molecular formula is C12H20N4S. The van der Waals surface area contributed by atoms with Gasteiger partial charge < -0.3 is 10.6 Å². The Labute approximate surface area is 106 Å². The SMILES string of the molecule is CCCc1nsc(NC2CC3CCC(C2)N3)n1. The van der Waals surface area contributed by atoms with E-state index in [1.165, 1.54) is 37.2 Å². The molecule has 17 heavy (non-hydrogen) atoms. The van der Waals surface area contributed by atoms with Gasteiger partial charge in [-0.15, -0.1) is 0 Å². The van der Waals surface area contributed by atoms with Crippen molar-refractivity contribution in [2.75, 3.05) is 5.32 Å². The van der Waals surface area contributed by atoms with Crippen LogP contribution in [0.4, 0.5) is 5.13 Å². The van der Waals surface area contributed by atoms with Crippen LogP contribution in [0, 0.1) is 0 Å². The van der Waals surface area contributed by atoms with Crippen LogP contribution in [0.5, 0.6) is 0 Å². The highest BCUT2D eigenvalue weighted by Crippen LogP contribution is 2.29. The van der Waals surface area contributed by atoms with Crippen molar-refractivity contribution in [3.05, 3.63) is 5.82 Å². The van der Waals surface area contributed by atoms with E-state index in [9.17, 15) is 0 Å². The number of aryl methyl sites for hydroxylation is 1. The van der Waals surface area contributed by atoms with Gasteiger partial charge in [-0.1, -0.05) is 6.92 Å². The van der Waals surface area contributed by atoms with Gasteiger partial charge in [-0.3, -0.25) is 0 Å². The first-order chi connectivity index (χ1) is 8.33. The van der Waals surface area contributed by atoms with Crippen LogP contribution >= 0.6 is 11.5 Å². The van der Waals surface area contributed by atoms with E-state index in [0.717, 1.165) is 35.9 Å². The van der Waals surface area contributed by atoms with Gasteiger partial charge in [0.1, 0.15) is 5.82 Å². The third kappa shape index (κ3) is 2.60. The summed E-state index contributed by atoms with van der Waals surface area (Å²) in [5.41, 5.74) is 0. The molecule has 0 aliphatic carbocycles. The van der Waals surface area contributed by atoms with E-state index in [2.05, 4.69) is 26.9 Å². The van der Waals surface area contributed by atoms with Crippen LogP contribution in [0.2, 0.25) is 0 Å². The van der Waals surface area contributed by atoms with E-state index in [4.69, 9.17) is 0 Å². The number of aromatic nitrogens is 2. The fourth-order valence-electron chi connectivity index (χ4n) is 2.99. The molecule has 2 aliphatic rings. The number of piperidine rings is 1. The van der Waals surface area contributed by atoms with Gasteiger partial charge in [0.25, 0.3) is 0 Å². The summed E-state index contributed by atoms with van der Waals surface area (Å²) in [5, 5.41) is 8.24. The molecule has 4 nitrogen and oxygen atoms in total. The average molecular weight is 252 g/mol. The first-order valence-electron chi connectivity index (χ1n) is 6.68. The molecular weight excluding hydrogens is 232 g/mol. The normalized spacial score (nSPS) is 31.7. The van der Waals surface area contributed by atoms with Gasteiger partial charge in [0, 0.05) is 36.1 Å². The Bertz CT molecular complexity index is 366. The Morgan fingerprint density at radius 1 is 1.35 bits per heavy atom. The van der Waals surface area contributed by atoms with Crippen LogP contribution in [-0.4, -0.2) is 27.5 Å². The minimum absolute atomic E-state index is 0.594. The van der Waals surface area contributed by atoms with Gasteiger partial charge in [-0.25, -0.2) is 4.98 Å². The topological polar surface area (TPSA) is 49.8 Å². The minimum atomic E-state index is 0.594. The van der Waals surface area contributed by atoms with E-state index in [-0.39, 0.29) is 0 Å². The Morgan fingerprint density at radius 2 is 2.12 bits per heavy atom. The Kier molecular flexibility index (Phi) is 3.29.